The van der Waals surface area contributed by atoms with Gasteiger partial charge in [-0.15, -0.1) is 0 Å². The van der Waals surface area contributed by atoms with Gasteiger partial charge in [-0.25, -0.2) is 12.8 Å². The third kappa shape index (κ3) is 8.32. The SMILES string of the molecule is Cc1ccc(N(CC(=O)N(Cc2cccc(C)c2)[C@@H](Cc2ccccc2)C(=O)NC(C)C)S(=O)(=O)c2ccc(F)cc2)cc1. The van der Waals surface area contributed by atoms with Crippen molar-refractivity contribution in [1.29, 1.82) is 0 Å². The molecule has 0 heterocycles. The Labute approximate surface area is 259 Å². The van der Waals surface area contributed by atoms with Gasteiger partial charge in [0.15, 0.2) is 0 Å². The lowest BCUT2D eigenvalue weighted by Gasteiger charge is -2.34. The molecule has 0 radical (unpaired) electrons. The number of benzene rings is 4. The van der Waals surface area contributed by atoms with Crippen molar-refractivity contribution >= 4 is 27.5 Å². The van der Waals surface area contributed by atoms with Gasteiger partial charge in [0.05, 0.1) is 10.6 Å². The summed E-state index contributed by atoms with van der Waals surface area (Å²) in [5.74, 6) is -1.48. The first-order chi connectivity index (χ1) is 20.9. The zero-order valence-electron chi connectivity index (χ0n) is 25.4. The Bertz CT molecular complexity index is 1680. The predicted molar refractivity (Wildman–Crippen MR) is 171 cm³/mol. The van der Waals surface area contributed by atoms with Gasteiger partial charge in [-0.2, -0.15) is 0 Å². The lowest BCUT2D eigenvalue weighted by atomic mass is 10.0. The number of nitrogens with zero attached hydrogens (tertiary/aromatic N) is 2. The van der Waals surface area contributed by atoms with Gasteiger partial charge in [-0.05, 0) is 75.2 Å². The van der Waals surface area contributed by atoms with Crippen LogP contribution in [0.5, 0.6) is 0 Å². The van der Waals surface area contributed by atoms with E-state index >= 15 is 0 Å². The van der Waals surface area contributed by atoms with Crippen LogP contribution in [0, 0.1) is 19.7 Å². The van der Waals surface area contributed by atoms with Crippen LogP contribution in [0.3, 0.4) is 0 Å². The summed E-state index contributed by atoms with van der Waals surface area (Å²) in [7, 11) is -4.30. The van der Waals surface area contributed by atoms with Crippen LogP contribution < -0.4 is 9.62 Å². The first-order valence-corrected chi connectivity index (χ1v) is 15.9. The third-order valence-electron chi connectivity index (χ3n) is 7.14. The van der Waals surface area contributed by atoms with Crippen LogP contribution in [0.25, 0.3) is 0 Å². The number of carbonyl (C=O) groups is 2. The summed E-state index contributed by atoms with van der Waals surface area (Å²) in [5.41, 5.74) is 3.83. The van der Waals surface area contributed by atoms with E-state index in [2.05, 4.69) is 5.32 Å². The van der Waals surface area contributed by atoms with Crippen molar-refractivity contribution in [2.75, 3.05) is 10.8 Å². The molecule has 44 heavy (non-hydrogen) atoms. The molecular weight excluding hydrogens is 577 g/mol. The fraction of sp³-hybridized carbons (Fsp3) is 0.257. The Balaban J connectivity index is 1.80. The largest absolute Gasteiger partial charge is 0.352 e. The lowest BCUT2D eigenvalue weighted by Crippen LogP contribution is -2.54. The molecule has 7 nitrogen and oxygen atoms in total. The second-order valence-electron chi connectivity index (χ2n) is 11.2. The molecule has 0 aliphatic rings. The van der Waals surface area contributed by atoms with E-state index in [4.69, 9.17) is 0 Å². The maximum Gasteiger partial charge on any atom is 0.264 e. The normalized spacial score (nSPS) is 12.0. The molecule has 0 saturated carbocycles. The second-order valence-corrected chi connectivity index (χ2v) is 13.0. The molecule has 4 aromatic rings. The lowest BCUT2D eigenvalue weighted by molar-refractivity contribution is -0.140. The summed E-state index contributed by atoms with van der Waals surface area (Å²) in [4.78, 5) is 29.5. The summed E-state index contributed by atoms with van der Waals surface area (Å²) in [6, 6.07) is 27.2. The van der Waals surface area contributed by atoms with Crippen molar-refractivity contribution in [2.24, 2.45) is 0 Å². The molecule has 0 spiro atoms. The molecule has 1 N–H and O–H groups in total. The first kappa shape index (κ1) is 32.4. The summed E-state index contributed by atoms with van der Waals surface area (Å²) < 4.78 is 42.7. The standard InChI is InChI=1S/C35H38FN3O4S/c1-25(2)37-35(41)33(22-28-10-6-5-7-11-28)38(23-29-12-8-9-27(4)21-29)34(40)24-39(31-17-13-26(3)14-18-31)44(42,43)32-19-15-30(36)16-20-32/h5-21,25,33H,22-24H2,1-4H3,(H,37,41)/t33-/m0/s1. The summed E-state index contributed by atoms with van der Waals surface area (Å²) in [6.45, 7) is 7.02. The highest BCUT2D eigenvalue weighted by molar-refractivity contribution is 7.92. The Morgan fingerprint density at radius 2 is 1.43 bits per heavy atom. The average Bonchev–Trinajstić information content (AvgIpc) is 2.98. The number of hydrogen-bond donors (Lipinski definition) is 1. The number of halogens is 1. The Kier molecular flexibility index (Phi) is 10.5. The highest BCUT2D eigenvalue weighted by Crippen LogP contribution is 2.26. The molecule has 4 rings (SSSR count). The molecule has 0 aliphatic carbocycles. The quantitative estimate of drug-likeness (QED) is 0.218. The number of hydrogen-bond acceptors (Lipinski definition) is 4. The van der Waals surface area contributed by atoms with Crippen LogP contribution in [0.15, 0.2) is 108 Å². The van der Waals surface area contributed by atoms with E-state index in [-0.39, 0.29) is 35.5 Å². The molecule has 2 amide bonds. The summed E-state index contributed by atoms with van der Waals surface area (Å²) >= 11 is 0. The highest BCUT2D eigenvalue weighted by atomic mass is 32.2. The number of rotatable bonds is 12. The minimum atomic E-state index is -4.30. The van der Waals surface area contributed by atoms with Gasteiger partial charge in [-0.3, -0.25) is 13.9 Å². The summed E-state index contributed by atoms with van der Waals surface area (Å²) in [6.07, 6.45) is 0.228. The molecule has 0 unspecified atom stereocenters. The van der Waals surface area contributed by atoms with Gasteiger partial charge in [0, 0.05) is 19.0 Å². The molecule has 4 aromatic carbocycles. The van der Waals surface area contributed by atoms with Crippen molar-refractivity contribution in [1.82, 2.24) is 10.2 Å². The minimum absolute atomic E-state index is 0.0852. The molecule has 230 valence electrons. The Hall–Kier alpha value is -4.50. The number of carbonyl (C=O) groups excluding carboxylic acids is 2. The van der Waals surface area contributed by atoms with Gasteiger partial charge in [0.1, 0.15) is 18.4 Å². The monoisotopic (exact) mass is 615 g/mol. The van der Waals surface area contributed by atoms with E-state index < -0.39 is 34.3 Å². The zero-order valence-corrected chi connectivity index (χ0v) is 26.2. The van der Waals surface area contributed by atoms with E-state index in [1.54, 1.807) is 24.3 Å². The van der Waals surface area contributed by atoms with Crippen LogP contribution >= 0.6 is 0 Å². The predicted octanol–water partition coefficient (Wildman–Crippen LogP) is 5.80. The van der Waals surface area contributed by atoms with Crippen molar-refractivity contribution < 1.29 is 22.4 Å². The van der Waals surface area contributed by atoms with Crippen LogP contribution in [0.1, 0.15) is 36.1 Å². The Morgan fingerprint density at radius 3 is 2.05 bits per heavy atom. The van der Waals surface area contributed by atoms with E-state index in [1.165, 1.54) is 17.0 Å². The molecule has 0 bridgehead atoms. The van der Waals surface area contributed by atoms with Crippen molar-refractivity contribution in [3.63, 3.8) is 0 Å². The Morgan fingerprint density at radius 1 is 0.795 bits per heavy atom. The van der Waals surface area contributed by atoms with E-state index in [1.807, 2.05) is 82.3 Å². The van der Waals surface area contributed by atoms with Crippen LogP contribution in [-0.2, 0) is 32.6 Å². The maximum atomic E-state index is 14.4. The average molecular weight is 616 g/mol. The maximum absolute atomic E-state index is 14.4. The molecular formula is C35H38FN3O4S. The fourth-order valence-corrected chi connectivity index (χ4v) is 6.33. The van der Waals surface area contributed by atoms with Crippen LogP contribution in [0.2, 0.25) is 0 Å². The first-order valence-electron chi connectivity index (χ1n) is 14.5. The van der Waals surface area contributed by atoms with E-state index in [9.17, 15) is 22.4 Å². The van der Waals surface area contributed by atoms with E-state index in [0.29, 0.717) is 0 Å². The van der Waals surface area contributed by atoms with Crippen molar-refractivity contribution in [3.05, 3.63) is 131 Å². The smallest absolute Gasteiger partial charge is 0.264 e. The molecule has 0 aromatic heterocycles. The van der Waals surface area contributed by atoms with Crippen molar-refractivity contribution in [3.8, 4) is 0 Å². The van der Waals surface area contributed by atoms with Crippen molar-refractivity contribution in [2.45, 2.75) is 57.6 Å². The number of amides is 2. The molecule has 0 aliphatic heterocycles. The van der Waals surface area contributed by atoms with Gasteiger partial charge in [0.2, 0.25) is 11.8 Å². The number of anilines is 1. The van der Waals surface area contributed by atoms with E-state index in [0.717, 1.165) is 38.7 Å². The molecule has 0 saturated heterocycles. The van der Waals surface area contributed by atoms with Crippen LogP contribution in [-0.4, -0.2) is 43.8 Å². The number of aryl methyl sites for hydroxylation is 2. The zero-order chi connectivity index (χ0) is 31.9. The number of nitrogens with one attached hydrogen (secondary N) is 1. The summed E-state index contributed by atoms with van der Waals surface area (Å²) in [5, 5.41) is 2.95. The number of sulfonamides is 1. The third-order valence-corrected chi connectivity index (χ3v) is 8.93. The van der Waals surface area contributed by atoms with Gasteiger partial charge in [-0.1, -0.05) is 77.9 Å². The fourth-order valence-electron chi connectivity index (χ4n) is 4.92. The van der Waals surface area contributed by atoms with Gasteiger partial charge in [0.25, 0.3) is 10.0 Å². The van der Waals surface area contributed by atoms with Gasteiger partial charge < -0.3 is 10.2 Å². The van der Waals surface area contributed by atoms with Crippen LogP contribution in [0.4, 0.5) is 10.1 Å². The molecule has 1 atom stereocenters. The highest BCUT2D eigenvalue weighted by Gasteiger charge is 2.34. The second kappa shape index (κ2) is 14.3. The molecule has 9 heteroatoms. The molecule has 0 fully saturated rings. The van der Waals surface area contributed by atoms with Gasteiger partial charge >= 0.3 is 0 Å². The minimum Gasteiger partial charge on any atom is -0.352 e. The topological polar surface area (TPSA) is 86.8 Å².